The quantitative estimate of drug-likeness (QED) is 0.806. The summed E-state index contributed by atoms with van der Waals surface area (Å²) in [5.41, 5.74) is 6.07. The summed E-state index contributed by atoms with van der Waals surface area (Å²) in [6.07, 6.45) is 9.95. The van der Waals surface area contributed by atoms with E-state index in [0.717, 1.165) is 32.4 Å². The van der Waals surface area contributed by atoms with E-state index in [1.807, 2.05) is 0 Å². The zero-order valence-corrected chi connectivity index (χ0v) is 12.8. The van der Waals surface area contributed by atoms with Gasteiger partial charge in [0.1, 0.15) is 0 Å². The van der Waals surface area contributed by atoms with Gasteiger partial charge in [0.2, 0.25) is 0 Å². The highest BCUT2D eigenvalue weighted by Crippen LogP contribution is 2.33. The standard InChI is InChI=1S/C16H32N2O/c1-3-16(4-2)11-14(9-10-19-16)18-15-8-6-5-7-13(15)12-17/h13-15,18H,3-12,17H2,1-2H3. The van der Waals surface area contributed by atoms with Gasteiger partial charge in [0, 0.05) is 18.7 Å². The largest absolute Gasteiger partial charge is 0.375 e. The van der Waals surface area contributed by atoms with E-state index in [1.54, 1.807) is 0 Å². The molecule has 0 radical (unpaired) electrons. The lowest BCUT2D eigenvalue weighted by atomic mass is 9.81. The average molecular weight is 268 g/mol. The third kappa shape index (κ3) is 3.71. The van der Waals surface area contributed by atoms with Gasteiger partial charge in [-0.25, -0.2) is 0 Å². The lowest BCUT2D eigenvalue weighted by molar-refractivity contribution is -0.0950. The van der Waals surface area contributed by atoms with E-state index in [0.29, 0.717) is 18.0 Å². The van der Waals surface area contributed by atoms with Crippen molar-refractivity contribution in [1.82, 2.24) is 5.32 Å². The molecule has 2 aliphatic rings. The Kier molecular flexibility index (Phi) is 5.67. The molecule has 1 saturated heterocycles. The molecule has 112 valence electrons. The Morgan fingerprint density at radius 1 is 1.16 bits per heavy atom. The lowest BCUT2D eigenvalue weighted by Gasteiger charge is -2.43. The minimum absolute atomic E-state index is 0.128. The van der Waals surface area contributed by atoms with Crippen molar-refractivity contribution in [2.24, 2.45) is 11.7 Å². The average Bonchev–Trinajstić information content (AvgIpc) is 2.48. The van der Waals surface area contributed by atoms with Gasteiger partial charge >= 0.3 is 0 Å². The topological polar surface area (TPSA) is 47.3 Å². The maximum absolute atomic E-state index is 6.07. The number of hydrogen-bond donors (Lipinski definition) is 2. The van der Waals surface area contributed by atoms with Crippen molar-refractivity contribution in [3.8, 4) is 0 Å². The molecule has 0 amide bonds. The molecule has 0 aromatic rings. The molecule has 3 nitrogen and oxygen atoms in total. The van der Waals surface area contributed by atoms with Crippen molar-refractivity contribution < 1.29 is 4.74 Å². The summed E-state index contributed by atoms with van der Waals surface area (Å²) in [4.78, 5) is 0. The van der Waals surface area contributed by atoms with Crippen molar-refractivity contribution in [1.29, 1.82) is 0 Å². The molecule has 1 aliphatic carbocycles. The first-order valence-corrected chi connectivity index (χ1v) is 8.33. The third-order valence-corrected chi connectivity index (χ3v) is 5.44. The zero-order valence-electron chi connectivity index (χ0n) is 12.8. The van der Waals surface area contributed by atoms with Crippen LogP contribution in [0.15, 0.2) is 0 Å². The Labute approximate surface area is 118 Å². The van der Waals surface area contributed by atoms with Gasteiger partial charge in [-0.15, -0.1) is 0 Å². The molecule has 19 heavy (non-hydrogen) atoms. The molecule has 3 heteroatoms. The van der Waals surface area contributed by atoms with Crippen LogP contribution in [0.25, 0.3) is 0 Å². The summed E-state index contributed by atoms with van der Waals surface area (Å²) in [5, 5.41) is 3.92. The van der Waals surface area contributed by atoms with Gasteiger partial charge in [0.05, 0.1) is 5.60 Å². The second kappa shape index (κ2) is 7.05. The molecule has 1 aliphatic heterocycles. The minimum atomic E-state index is 0.128. The van der Waals surface area contributed by atoms with Crippen molar-refractivity contribution in [3.05, 3.63) is 0 Å². The molecule has 0 spiro atoms. The summed E-state index contributed by atoms with van der Waals surface area (Å²) in [7, 11) is 0. The highest BCUT2D eigenvalue weighted by molar-refractivity contribution is 4.91. The highest BCUT2D eigenvalue weighted by Gasteiger charge is 2.36. The molecule has 3 atom stereocenters. The van der Waals surface area contributed by atoms with Crippen LogP contribution in [0.1, 0.15) is 65.2 Å². The molecule has 1 heterocycles. The minimum Gasteiger partial charge on any atom is -0.375 e. The van der Waals surface area contributed by atoms with Crippen LogP contribution in [0.3, 0.4) is 0 Å². The fourth-order valence-corrected chi connectivity index (χ4v) is 3.92. The van der Waals surface area contributed by atoms with Gasteiger partial charge in [-0.3, -0.25) is 0 Å². The second-order valence-corrected chi connectivity index (χ2v) is 6.48. The fraction of sp³-hybridized carbons (Fsp3) is 1.00. The number of hydrogen-bond acceptors (Lipinski definition) is 3. The van der Waals surface area contributed by atoms with E-state index in [1.165, 1.54) is 32.1 Å². The number of nitrogens with two attached hydrogens (primary N) is 1. The SMILES string of the molecule is CCC1(CC)CC(NC2CCCCC2CN)CCO1. The van der Waals surface area contributed by atoms with Crippen LogP contribution in [0.5, 0.6) is 0 Å². The first kappa shape index (κ1) is 15.3. The monoisotopic (exact) mass is 268 g/mol. The number of nitrogens with one attached hydrogen (secondary N) is 1. The second-order valence-electron chi connectivity index (χ2n) is 6.48. The molecule has 1 saturated carbocycles. The maximum Gasteiger partial charge on any atom is 0.0692 e. The van der Waals surface area contributed by atoms with Crippen LogP contribution >= 0.6 is 0 Å². The predicted octanol–water partition coefficient (Wildman–Crippen LogP) is 2.83. The molecule has 2 fully saturated rings. The summed E-state index contributed by atoms with van der Waals surface area (Å²) in [6.45, 7) is 6.28. The molecule has 0 bridgehead atoms. The fourth-order valence-electron chi connectivity index (χ4n) is 3.92. The van der Waals surface area contributed by atoms with Crippen molar-refractivity contribution in [2.75, 3.05) is 13.2 Å². The Morgan fingerprint density at radius 2 is 1.89 bits per heavy atom. The van der Waals surface area contributed by atoms with Crippen molar-refractivity contribution in [3.63, 3.8) is 0 Å². The van der Waals surface area contributed by atoms with Gasteiger partial charge in [0.25, 0.3) is 0 Å². The molecule has 0 aromatic carbocycles. The summed E-state index contributed by atoms with van der Waals surface area (Å²) < 4.78 is 6.07. The maximum atomic E-state index is 6.07. The van der Waals surface area contributed by atoms with E-state index < -0.39 is 0 Å². The Hall–Kier alpha value is -0.120. The molecule has 3 N–H and O–H groups in total. The summed E-state index contributed by atoms with van der Waals surface area (Å²) in [6, 6.07) is 1.28. The molecule has 0 aromatic heterocycles. The Balaban J connectivity index is 1.90. The van der Waals surface area contributed by atoms with Gasteiger partial charge in [0.15, 0.2) is 0 Å². The van der Waals surface area contributed by atoms with Crippen LogP contribution < -0.4 is 11.1 Å². The van der Waals surface area contributed by atoms with E-state index in [2.05, 4.69) is 19.2 Å². The summed E-state index contributed by atoms with van der Waals surface area (Å²) >= 11 is 0. The van der Waals surface area contributed by atoms with Crippen molar-refractivity contribution in [2.45, 2.75) is 82.9 Å². The van der Waals surface area contributed by atoms with Crippen LogP contribution in [0.4, 0.5) is 0 Å². The van der Waals surface area contributed by atoms with E-state index in [4.69, 9.17) is 10.5 Å². The van der Waals surface area contributed by atoms with Gasteiger partial charge in [-0.2, -0.15) is 0 Å². The van der Waals surface area contributed by atoms with Crippen molar-refractivity contribution >= 4 is 0 Å². The number of ether oxygens (including phenoxy) is 1. The Morgan fingerprint density at radius 3 is 2.58 bits per heavy atom. The van der Waals surface area contributed by atoms with E-state index >= 15 is 0 Å². The predicted molar refractivity (Wildman–Crippen MR) is 80.2 cm³/mol. The Bertz CT molecular complexity index is 265. The van der Waals surface area contributed by atoms with Gasteiger partial charge in [-0.1, -0.05) is 26.7 Å². The van der Waals surface area contributed by atoms with E-state index in [9.17, 15) is 0 Å². The molecule has 2 rings (SSSR count). The van der Waals surface area contributed by atoms with Gasteiger partial charge < -0.3 is 15.8 Å². The molecular weight excluding hydrogens is 236 g/mol. The van der Waals surface area contributed by atoms with Crippen LogP contribution in [-0.2, 0) is 4.74 Å². The smallest absolute Gasteiger partial charge is 0.0692 e. The van der Waals surface area contributed by atoms with Gasteiger partial charge in [-0.05, 0) is 51.0 Å². The number of rotatable bonds is 5. The first-order chi connectivity index (χ1) is 9.23. The van der Waals surface area contributed by atoms with Crippen LogP contribution in [0.2, 0.25) is 0 Å². The normalized spacial score (nSPS) is 35.2. The molecule has 3 unspecified atom stereocenters. The first-order valence-electron chi connectivity index (χ1n) is 8.33. The van der Waals surface area contributed by atoms with Crippen LogP contribution in [-0.4, -0.2) is 30.8 Å². The van der Waals surface area contributed by atoms with E-state index in [-0.39, 0.29) is 5.60 Å². The lowest BCUT2D eigenvalue weighted by Crippen LogP contribution is -2.52. The van der Waals surface area contributed by atoms with Crippen LogP contribution in [0, 0.1) is 5.92 Å². The third-order valence-electron chi connectivity index (χ3n) is 5.44. The zero-order chi connectivity index (χ0) is 13.7. The molecular formula is C16H32N2O. The summed E-state index contributed by atoms with van der Waals surface area (Å²) in [5.74, 6) is 0.689. The highest BCUT2D eigenvalue weighted by atomic mass is 16.5.